The minimum Gasteiger partial charge on any atom is -0.331 e. The number of benzene rings is 2. The van der Waals surface area contributed by atoms with Crippen molar-refractivity contribution in [3.63, 3.8) is 0 Å². The van der Waals surface area contributed by atoms with Crippen molar-refractivity contribution in [3.05, 3.63) is 64.1 Å². The Hall–Kier alpha value is -2.24. The number of carbonyl (C=O) groups is 2. The van der Waals surface area contributed by atoms with Gasteiger partial charge in [-0.15, -0.1) is 0 Å². The van der Waals surface area contributed by atoms with Gasteiger partial charge in [0.25, 0.3) is 0 Å². The Labute approximate surface area is 163 Å². The molecule has 138 valence electrons. The minimum atomic E-state index is -0.417. The summed E-state index contributed by atoms with van der Waals surface area (Å²) < 4.78 is 0. The van der Waals surface area contributed by atoms with E-state index in [0.29, 0.717) is 15.7 Å². The fraction of sp³-hybridized carbons (Fsp3) is 0.263. The first-order valence-corrected chi connectivity index (χ1v) is 8.96. The largest absolute Gasteiger partial charge is 0.331 e. The monoisotopic (exact) mass is 393 g/mol. The van der Waals surface area contributed by atoms with Crippen LogP contribution in [0.4, 0.5) is 10.5 Å². The minimum absolute atomic E-state index is 0.151. The molecule has 0 radical (unpaired) electrons. The van der Waals surface area contributed by atoms with Crippen molar-refractivity contribution < 1.29 is 9.59 Å². The van der Waals surface area contributed by atoms with Gasteiger partial charge in [0.05, 0.1) is 23.3 Å². The van der Waals surface area contributed by atoms with E-state index in [1.54, 1.807) is 18.2 Å². The van der Waals surface area contributed by atoms with Crippen molar-refractivity contribution in [1.29, 1.82) is 0 Å². The van der Waals surface area contributed by atoms with E-state index in [9.17, 15) is 9.59 Å². The summed E-state index contributed by atoms with van der Waals surface area (Å²) in [6.45, 7) is 3.85. The summed E-state index contributed by atoms with van der Waals surface area (Å²) in [4.78, 5) is 24.2. The van der Waals surface area contributed by atoms with Gasteiger partial charge in [0.15, 0.2) is 0 Å². The first-order valence-electron chi connectivity index (χ1n) is 8.21. The van der Waals surface area contributed by atoms with Crippen LogP contribution in [0.1, 0.15) is 25.5 Å². The van der Waals surface area contributed by atoms with E-state index in [2.05, 4.69) is 16.0 Å². The molecule has 0 heterocycles. The molecule has 0 fully saturated rings. The Morgan fingerprint density at radius 3 is 2.38 bits per heavy atom. The number of rotatable bonds is 6. The molecule has 0 unspecified atom stereocenters. The van der Waals surface area contributed by atoms with Crippen LogP contribution >= 0.6 is 23.2 Å². The second kappa shape index (κ2) is 9.46. The Bertz CT molecular complexity index is 767. The summed E-state index contributed by atoms with van der Waals surface area (Å²) in [7, 11) is 0. The standard InChI is InChI=1S/C19H21Cl2N3O2/c1-12(2)18(13-6-4-3-5-7-13)24-19(26)22-11-17(25)23-16-10-14(20)8-9-15(16)21/h3-10,12,18H,11H2,1-2H3,(H,23,25)(H2,22,24,26)/t18-/m0/s1. The number of amides is 3. The third-order valence-corrected chi connectivity index (χ3v) is 4.29. The fourth-order valence-electron chi connectivity index (χ4n) is 2.44. The average molecular weight is 394 g/mol. The SMILES string of the molecule is CC(C)[C@H](NC(=O)NCC(=O)Nc1cc(Cl)ccc1Cl)c1ccccc1. The first kappa shape index (κ1) is 20.1. The molecular formula is C19H21Cl2N3O2. The number of halogens is 2. The topological polar surface area (TPSA) is 70.2 Å². The Morgan fingerprint density at radius 1 is 1.04 bits per heavy atom. The van der Waals surface area contributed by atoms with Crippen molar-refractivity contribution in [3.8, 4) is 0 Å². The van der Waals surface area contributed by atoms with E-state index in [1.165, 1.54) is 0 Å². The molecule has 2 rings (SSSR count). The number of nitrogens with one attached hydrogen (secondary N) is 3. The summed E-state index contributed by atoms with van der Waals surface area (Å²) in [5.74, 6) is -0.202. The van der Waals surface area contributed by atoms with Crippen molar-refractivity contribution in [1.82, 2.24) is 10.6 Å². The normalized spacial score (nSPS) is 11.7. The molecule has 0 aliphatic rings. The fourth-order valence-corrected chi connectivity index (χ4v) is 2.77. The molecule has 2 aromatic carbocycles. The zero-order valence-corrected chi connectivity index (χ0v) is 16.1. The Morgan fingerprint density at radius 2 is 1.73 bits per heavy atom. The highest BCUT2D eigenvalue weighted by atomic mass is 35.5. The highest BCUT2D eigenvalue weighted by Crippen LogP contribution is 2.25. The van der Waals surface area contributed by atoms with E-state index in [4.69, 9.17) is 23.2 Å². The van der Waals surface area contributed by atoms with Crippen LogP contribution in [-0.2, 0) is 4.79 Å². The molecule has 5 nitrogen and oxygen atoms in total. The highest BCUT2D eigenvalue weighted by molar-refractivity contribution is 6.35. The zero-order chi connectivity index (χ0) is 19.1. The Balaban J connectivity index is 1.89. The molecule has 1 atom stereocenters. The van der Waals surface area contributed by atoms with Gasteiger partial charge in [-0.2, -0.15) is 0 Å². The molecule has 0 saturated heterocycles. The van der Waals surface area contributed by atoms with Crippen LogP contribution in [0.5, 0.6) is 0 Å². The molecule has 2 aromatic rings. The van der Waals surface area contributed by atoms with E-state index >= 15 is 0 Å². The van der Waals surface area contributed by atoms with Crippen molar-refractivity contribution in [2.24, 2.45) is 5.92 Å². The summed E-state index contributed by atoms with van der Waals surface area (Å²) in [5.41, 5.74) is 1.41. The van der Waals surface area contributed by atoms with Crippen LogP contribution in [0.15, 0.2) is 48.5 Å². The predicted octanol–water partition coefficient (Wildman–Crippen LogP) is 4.63. The maximum Gasteiger partial charge on any atom is 0.315 e. The summed E-state index contributed by atoms with van der Waals surface area (Å²) in [6.07, 6.45) is 0. The predicted molar refractivity (Wildman–Crippen MR) is 106 cm³/mol. The Kier molecular flexibility index (Phi) is 7.30. The lowest BCUT2D eigenvalue weighted by Gasteiger charge is -2.23. The van der Waals surface area contributed by atoms with Crippen molar-refractivity contribution in [2.75, 3.05) is 11.9 Å². The number of carbonyl (C=O) groups excluding carboxylic acids is 2. The summed E-state index contributed by atoms with van der Waals surface area (Å²) >= 11 is 11.9. The van der Waals surface area contributed by atoms with E-state index < -0.39 is 11.9 Å². The number of anilines is 1. The molecule has 0 saturated carbocycles. The van der Waals surface area contributed by atoms with Gasteiger partial charge in [0.2, 0.25) is 5.91 Å². The molecule has 3 N–H and O–H groups in total. The van der Waals surface area contributed by atoms with E-state index in [1.807, 2.05) is 44.2 Å². The zero-order valence-electron chi connectivity index (χ0n) is 14.6. The highest BCUT2D eigenvalue weighted by Gasteiger charge is 2.18. The van der Waals surface area contributed by atoms with Gasteiger partial charge < -0.3 is 16.0 Å². The second-order valence-corrected chi connectivity index (χ2v) is 6.98. The van der Waals surface area contributed by atoms with Crippen LogP contribution in [0, 0.1) is 5.92 Å². The molecular weight excluding hydrogens is 373 g/mol. The third-order valence-electron chi connectivity index (χ3n) is 3.72. The third kappa shape index (κ3) is 5.93. The molecule has 0 aromatic heterocycles. The maximum absolute atomic E-state index is 12.2. The molecule has 7 heteroatoms. The first-order chi connectivity index (χ1) is 12.4. The van der Waals surface area contributed by atoms with Gasteiger partial charge in [-0.25, -0.2) is 4.79 Å². The van der Waals surface area contributed by atoms with Crippen LogP contribution in [0.3, 0.4) is 0 Å². The maximum atomic E-state index is 12.2. The lowest BCUT2D eigenvalue weighted by Crippen LogP contribution is -2.42. The quantitative estimate of drug-likeness (QED) is 0.669. The average Bonchev–Trinajstić information content (AvgIpc) is 2.61. The molecule has 0 bridgehead atoms. The van der Waals surface area contributed by atoms with Gasteiger partial charge in [-0.05, 0) is 29.7 Å². The smallest absolute Gasteiger partial charge is 0.315 e. The van der Waals surface area contributed by atoms with Crippen LogP contribution in [0.25, 0.3) is 0 Å². The van der Waals surface area contributed by atoms with Gasteiger partial charge >= 0.3 is 6.03 Å². The van der Waals surface area contributed by atoms with Gasteiger partial charge in [0.1, 0.15) is 0 Å². The van der Waals surface area contributed by atoms with Gasteiger partial charge in [-0.1, -0.05) is 67.4 Å². The van der Waals surface area contributed by atoms with Gasteiger partial charge in [0, 0.05) is 5.02 Å². The lowest BCUT2D eigenvalue weighted by atomic mass is 9.96. The number of hydrogen-bond donors (Lipinski definition) is 3. The van der Waals surface area contributed by atoms with Crippen LogP contribution in [0.2, 0.25) is 10.0 Å². The van der Waals surface area contributed by atoms with Crippen molar-refractivity contribution in [2.45, 2.75) is 19.9 Å². The molecule has 0 aliphatic heterocycles. The molecule has 0 spiro atoms. The van der Waals surface area contributed by atoms with E-state index in [0.717, 1.165) is 5.56 Å². The molecule has 3 amide bonds. The number of hydrogen-bond acceptors (Lipinski definition) is 2. The second-order valence-electron chi connectivity index (χ2n) is 6.13. The van der Waals surface area contributed by atoms with Crippen LogP contribution < -0.4 is 16.0 Å². The van der Waals surface area contributed by atoms with Gasteiger partial charge in [-0.3, -0.25) is 4.79 Å². The molecule has 0 aliphatic carbocycles. The summed E-state index contributed by atoms with van der Waals surface area (Å²) in [6, 6.07) is 13.9. The summed E-state index contributed by atoms with van der Waals surface area (Å²) in [5, 5.41) is 8.89. The van der Waals surface area contributed by atoms with Crippen LogP contribution in [-0.4, -0.2) is 18.5 Å². The number of urea groups is 1. The van der Waals surface area contributed by atoms with E-state index in [-0.39, 0.29) is 18.5 Å². The van der Waals surface area contributed by atoms with Crippen molar-refractivity contribution >= 4 is 40.8 Å². The molecule has 26 heavy (non-hydrogen) atoms. The lowest BCUT2D eigenvalue weighted by molar-refractivity contribution is -0.115.